The standard InChI is InChI=1S/C25H21NO2/c27-19(17-28-25-15-7-9-18-8-1-2-10-20(18)25)16-26-23-13-5-3-11-21(23)22-12-4-6-14-24(22)26/h1-15,19,27H,16-17H2/t19-/m1/s1. The van der Waals surface area contributed by atoms with Crippen molar-refractivity contribution in [1.82, 2.24) is 4.57 Å². The van der Waals surface area contributed by atoms with Crippen molar-refractivity contribution >= 4 is 32.6 Å². The van der Waals surface area contributed by atoms with Gasteiger partial charge in [0.1, 0.15) is 18.5 Å². The topological polar surface area (TPSA) is 34.4 Å². The van der Waals surface area contributed by atoms with Crippen molar-refractivity contribution in [2.24, 2.45) is 0 Å². The first-order valence-corrected chi connectivity index (χ1v) is 9.56. The molecule has 0 saturated carbocycles. The number of ether oxygens (including phenoxy) is 1. The van der Waals surface area contributed by atoms with Gasteiger partial charge in [-0.1, -0.05) is 72.8 Å². The third-order valence-corrected chi connectivity index (χ3v) is 5.25. The molecule has 0 fully saturated rings. The Morgan fingerprint density at radius 3 is 1.96 bits per heavy atom. The van der Waals surface area contributed by atoms with Crippen LogP contribution in [-0.4, -0.2) is 22.4 Å². The molecule has 5 rings (SSSR count). The van der Waals surface area contributed by atoms with Crippen molar-refractivity contribution in [1.29, 1.82) is 0 Å². The lowest BCUT2D eigenvalue weighted by Gasteiger charge is -2.16. The number of benzene rings is 4. The monoisotopic (exact) mass is 367 g/mol. The van der Waals surface area contributed by atoms with Crippen LogP contribution in [-0.2, 0) is 6.54 Å². The van der Waals surface area contributed by atoms with Crippen LogP contribution in [0.2, 0.25) is 0 Å². The number of aliphatic hydroxyl groups excluding tert-OH is 1. The van der Waals surface area contributed by atoms with Crippen molar-refractivity contribution < 1.29 is 9.84 Å². The van der Waals surface area contributed by atoms with Gasteiger partial charge in [0.05, 0.1) is 6.54 Å². The van der Waals surface area contributed by atoms with Crippen molar-refractivity contribution in [2.45, 2.75) is 12.6 Å². The summed E-state index contributed by atoms with van der Waals surface area (Å²) in [6, 6.07) is 30.8. The van der Waals surface area contributed by atoms with Gasteiger partial charge in [0.2, 0.25) is 0 Å². The predicted octanol–water partition coefficient (Wildman–Crippen LogP) is 5.39. The minimum absolute atomic E-state index is 0.245. The molecule has 3 nitrogen and oxygen atoms in total. The van der Waals surface area contributed by atoms with E-state index in [0.717, 1.165) is 27.6 Å². The molecule has 1 heterocycles. The molecule has 5 aromatic rings. The van der Waals surface area contributed by atoms with Gasteiger partial charge in [0.15, 0.2) is 0 Å². The minimum Gasteiger partial charge on any atom is -0.490 e. The summed E-state index contributed by atoms with van der Waals surface area (Å²) in [7, 11) is 0. The molecule has 138 valence electrons. The average molecular weight is 367 g/mol. The van der Waals surface area contributed by atoms with Crippen LogP contribution >= 0.6 is 0 Å². The molecule has 0 saturated heterocycles. The van der Waals surface area contributed by atoms with Crippen molar-refractivity contribution in [3.05, 3.63) is 91.0 Å². The summed E-state index contributed by atoms with van der Waals surface area (Å²) in [6.45, 7) is 0.730. The number of nitrogens with zero attached hydrogens (tertiary/aromatic N) is 1. The normalized spacial score (nSPS) is 12.6. The highest BCUT2D eigenvalue weighted by Crippen LogP contribution is 2.29. The zero-order valence-electron chi connectivity index (χ0n) is 15.5. The predicted molar refractivity (Wildman–Crippen MR) is 115 cm³/mol. The number of rotatable bonds is 5. The molecular formula is C25H21NO2. The van der Waals surface area contributed by atoms with E-state index in [1.165, 1.54) is 10.8 Å². The van der Waals surface area contributed by atoms with E-state index in [2.05, 4.69) is 53.1 Å². The van der Waals surface area contributed by atoms with E-state index in [1.54, 1.807) is 0 Å². The second kappa shape index (κ2) is 7.02. The Bertz CT molecular complexity index is 1210. The number of para-hydroxylation sites is 2. The number of hydrogen-bond acceptors (Lipinski definition) is 2. The molecule has 28 heavy (non-hydrogen) atoms. The van der Waals surface area contributed by atoms with Gasteiger partial charge in [0, 0.05) is 27.2 Å². The Hall–Kier alpha value is -3.30. The van der Waals surface area contributed by atoms with E-state index in [9.17, 15) is 5.11 Å². The fourth-order valence-corrected chi connectivity index (χ4v) is 3.97. The SMILES string of the molecule is O[C@@H](COc1cccc2ccccc12)Cn1c2ccccc2c2ccccc21. The number of aromatic nitrogens is 1. The van der Waals surface area contributed by atoms with E-state index < -0.39 is 6.10 Å². The van der Waals surface area contributed by atoms with E-state index in [0.29, 0.717) is 6.54 Å². The van der Waals surface area contributed by atoms with Gasteiger partial charge in [0.25, 0.3) is 0 Å². The molecule has 1 aromatic heterocycles. The quantitative estimate of drug-likeness (QED) is 0.452. The van der Waals surface area contributed by atoms with Crippen LogP contribution in [0.3, 0.4) is 0 Å². The summed E-state index contributed by atoms with van der Waals surface area (Å²) in [4.78, 5) is 0. The maximum Gasteiger partial charge on any atom is 0.127 e. The molecular weight excluding hydrogens is 346 g/mol. The minimum atomic E-state index is -0.613. The smallest absolute Gasteiger partial charge is 0.127 e. The first-order chi connectivity index (χ1) is 13.8. The highest BCUT2D eigenvalue weighted by atomic mass is 16.5. The maximum absolute atomic E-state index is 10.7. The summed E-state index contributed by atoms with van der Waals surface area (Å²) >= 11 is 0. The van der Waals surface area contributed by atoms with Crippen molar-refractivity contribution in [2.75, 3.05) is 6.61 Å². The van der Waals surface area contributed by atoms with Crippen LogP contribution < -0.4 is 4.74 Å². The Labute approximate surface area is 163 Å². The molecule has 0 bridgehead atoms. The van der Waals surface area contributed by atoms with E-state index in [4.69, 9.17) is 4.74 Å². The van der Waals surface area contributed by atoms with Crippen LogP contribution in [0.15, 0.2) is 91.0 Å². The van der Waals surface area contributed by atoms with Gasteiger partial charge in [-0.3, -0.25) is 0 Å². The highest BCUT2D eigenvalue weighted by Gasteiger charge is 2.14. The zero-order valence-corrected chi connectivity index (χ0v) is 15.5. The first kappa shape index (κ1) is 16.8. The number of hydrogen-bond donors (Lipinski definition) is 1. The molecule has 0 radical (unpaired) electrons. The lowest BCUT2D eigenvalue weighted by Crippen LogP contribution is -2.23. The van der Waals surface area contributed by atoms with Crippen LogP contribution in [0, 0.1) is 0 Å². The summed E-state index contributed by atoms with van der Waals surface area (Å²) < 4.78 is 8.17. The van der Waals surface area contributed by atoms with Gasteiger partial charge in [-0.25, -0.2) is 0 Å². The third kappa shape index (κ3) is 2.90. The largest absolute Gasteiger partial charge is 0.490 e. The van der Waals surface area contributed by atoms with Crippen molar-refractivity contribution in [3.63, 3.8) is 0 Å². The lowest BCUT2D eigenvalue weighted by atomic mass is 10.1. The molecule has 0 amide bonds. The lowest BCUT2D eigenvalue weighted by molar-refractivity contribution is 0.0952. The molecule has 0 aliphatic carbocycles. The summed E-state index contributed by atoms with van der Waals surface area (Å²) in [5, 5.41) is 15.3. The van der Waals surface area contributed by atoms with Gasteiger partial charge < -0.3 is 14.4 Å². The Morgan fingerprint density at radius 2 is 1.25 bits per heavy atom. The maximum atomic E-state index is 10.7. The van der Waals surface area contributed by atoms with E-state index in [1.807, 2.05) is 42.5 Å². The van der Waals surface area contributed by atoms with Crippen LogP contribution in [0.25, 0.3) is 32.6 Å². The Balaban J connectivity index is 1.42. The van der Waals surface area contributed by atoms with E-state index >= 15 is 0 Å². The van der Waals surface area contributed by atoms with Crippen LogP contribution in [0.1, 0.15) is 0 Å². The van der Waals surface area contributed by atoms with Crippen LogP contribution in [0.4, 0.5) is 0 Å². The van der Waals surface area contributed by atoms with Gasteiger partial charge in [-0.2, -0.15) is 0 Å². The van der Waals surface area contributed by atoms with Gasteiger partial charge >= 0.3 is 0 Å². The van der Waals surface area contributed by atoms with Crippen LogP contribution in [0.5, 0.6) is 5.75 Å². The fraction of sp³-hybridized carbons (Fsp3) is 0.120. The molecule has 0 aliphatic heterocycles. The molecule has 0 spiro atoms. The molecule has 3 heteroatoms. The second-order valence-corrected chi connectivity index (χ2v) is 7.09. The molecule has 1 N–H and O–H groups in total. The molecule has 4 aromatic carbocycles. The average Bonchev–Trinajstić information content (AvgIpc) is 3.06. The number of fused-ring (bicyclic) bond motifs is 4. The van der Waals surface area contributed by atoms with E-state index in [-0.39, 0.29) is 6.61 Å². The first-order valence-electron chi connectivity index (χ1n) is 9.56. The second-order valence-electron chi connectivity index (χ2n) is 7.09. The Morgan fingerprint density at radius 1 is 0.679 bits per heavy atom. The number of aliphatic hydroxyl groups is 1. The zero-order chi connectivity index (χ0) is 18.9. The summed E-state index contributed by atoms with van der Waals surface area (Å²) in [5.74, 6) is 0.805. The van der Waals surface area contributed by atoms with Crippen molar-refractivity contribution in [3.8, 4) is 5.75 Å². The fourth-order valence-electron chi connectivity index (χ4n) is 3.97. The molecule has 0 aliphatic rings. The van der Waals surface area contributed by atoms with Gasteiger partial charge in [-0.05, 0) is 23.6 Å². The Kier molecular flexibility index (Phi) is 4.22. The molecule has 0 unspecified atom stereocenters. The third-order valence-electron chi connectivity index (χ3n) is 5.25. The summed E-state index contributed by atoms with van der Waals surface area (Å²) in [6.07, 6.45) is -0.613. The summed E-state index contributed by atoms with van der Waals surface area (Å²) in [5.41, 5.74) is 2.26. The van der Waals surface area contributed by atoms with Gasteiger partial charge in [-0.15, -0.1) is 0 Å². The highest BCUT2D eigenvalue weighted by molar-refractivity contribution is 6.07. The molecule has 1 atom stereocenters.